The summed E-state index contributed by atoms with van der Waals surface area (Å²) < 4.78 is 4.98. The Labute approximate surface area is 129 Å². The predicted octanol–water partition coefficient (Wildman–Crippen LogP) is 0.200. The summed E-state index contributed by atoms with van der Waals surface area (Å²) in [5.41, 5.74) is 6.84. The lowest BCUT2D eigenvalue weighted by Gasteiger charge is -2.20. The molecule has 6 nitrogen and oxygen atoms in total. The van der Waals surface area contributed by atoms with Crippen molar-refractivity contribution in [3.63, 3.8) is 0 Å². The van der Waals surface area contributed by atoms with E-state index in [1.165, 1.54) is 0 Å². The number of carbonyl (C=O) groups excluding carboxylic acids is 1. The van der Waals surface area contributed by atoms with E-state index in [2.05, 4.69) is 5.32 Å². The lowest BCUT2D eigenvalue weighted by molar-refractivity contribution is -0.117. The molecular formula is C14H21N3O3S. The highest BCUT2D eigenvalue weighted by molar-refractivity contribution is 7.80. The molecule has 0 aromatic heterocycles. The monoisotopic (exact) mass is 311 g/mol. The van der Waals surface area contributed by atoms with Crippen molar-refractivity contribution in [1.29, 1.82) is 0 Å². The van der Waals surface area contributed by atoms with Gasteiger partial charge >= 0.3 is 0 Å². The summed E-state index contributed by atoms with van der Waals surface area (Å²) >= 11 is 4.96. The molecule has 0 fully saturated rings. The zero-order chi connectivity index (χ0) is 15.7. The number of rotatable bonds is 9. The number of amides is 1. The number of thiocarbonyl (C=S) groups is 1. The summed E-state index contributed by atoms with van der Waals surface area (Å²) in [5, 5.41) is 11.8. The summed E-state index contributed by atoms with van der Waals surface area (Å²) in [6.07, 6.45) is 0. The second kappa shape index (κ2) is 9.41. The number of nitrogens with one attached hydrogen (secondary N) is 1. The minimum atomic E-state index is -0.191. The maximum atomic E-state index is 12.1. The Bertz CT molecular complexity index is 482. The molecule has 0 aliphatic heterocycles. The Hall–Kier alpha value is -1.54. The van der Waals surface area contributed by atoms with Crippen LogP contribution in [0.25, 0.3) is 0 Å². The van der Waals surface area contributed by atoms with Crippen molar-refractivity contribution in [3.05, 3.63) is 29.8 Å². The highest BCUT2D eigenvalue weighted by Crippen LogP contribution is 2.14. The Balaban J connectivity index is 2.65. The van der Waals surface area contributed by atoms with Gasteiger partial charge in [-0.25, -0.2) is 0 Å². The van der Waals surface area contributed by atoms with Crippen LogP contribution >= 0.6 is 12.2 Å². The van der Waals surface area contributed by atoms with Gasteiger partial charge in [-0.2, -0.15) is 0 Å². The minimum Gasteiger partial charge on any atom is -0.395 e. The van der Waals surface area contributed by atoms with E-state index in [-0.39, 0.29) is 24.0 Å². The number of para-hydroxylation sites is 1. The molecule has 116 valence electrons. The van der Waals surface area contributed by atoms with Gasteiger partial charge in [0.1, 0.15) is 4.99 Å². The summed E-state index contributed by atoms with van der Waals surface area (Å²) in [5.74, 6) is -0.191. The van der Waals surface area contributed by atoms with Gasteiger partial charge in [0.25, 0.3) is 0 Å². The molecular weight excluding hydrogens is 290 g/mol. The number of hydrogen-bond acceptors (Lipinski definition) is 5. The number of nitrogens with two attached hydrogens (primary N) is 1. The number of aliphatic hydroxyl groups is 1. The fraction of sp³-hybridized carbons (Fsp3) is 0.429. The highest BCUT2D eigenvalue weighted by Gasteiger charge is 2.12. The third-order valence-electron chi connectivity index (χ3n) is 2.86. The molecule has 0 heterocycles. The Kier molecular flexibility index (Phi) is 7.84. The average molecular weight is 311 g/mol. The number of methoxy groups -OCH3 is 1. The predicted molar refractivity (Wildman–Crippen MR) is 86.4 cm³/mol. The van der Waals surface area contributed by atoms with Crippen LogP contribution in [0.15, 0.2) is 24.3 Å². The molecule has 0 bridgehead atoms. The van der Waals surface area contributed by atoms with Crippen molar-refractivity contribution in [2.75, 3.05) is 45.3 Å². The first-order chi connectivity index (χ1) is 10.1. The van der Waals surface area contributed by atoms with Crippen molar-refractivity contribution in [2.45, 2.75) is 0 Å². The lowest BCUT2D eigenvalue weighted by atomic mass is 10.2. The Morgan fingerprint density at radius 1 is 1.43 bits per heavy atom. The summed E-state index contributed by atoms with van der Waals surface area (Å²) in [7, 11) is 1.59. The molecule has 1 amide bonds. The quantitative estimate of drug-likeness (QED) is 0.565. The molecule has 0 spiro atoms. The van der Waals surface area contributed by atoms with Gasteiger partial charge in [-0.1, -0.05) is 24.4 Å². The smallest absolute Gasteiger partial charge is 0.238 e. The zero-order valence-corrected chi connectivity index (χ0v) is 12.9. The number of anilines is 1. The van der Waals surface area contributed by atoms with E-state index in [9.17, 15) is 4.79 Å². The maximum Gasteiger partial charge on any atom is 0.238 e. The number of ether oxygens (including phenoxy) is 1. The largest absolute Gasteiger partial charge is 0.395 e. The summed E-state index contributed by atoms with van der Waals surface area (Å²) in [6, 6.07) is 7.11. The molecule has 0 unspecified atom stereocenters. The van der Waals surface area contributed by atoms with Crippen LogP contribution in [0, 0.1) is 0 Å². The molecule has 1 aromatic carbocycles. The van der Waals surface area contributed by atoms with Crippen LogP contribution in [0.3, 0.4) is 0 Å². The third kappa shape index (κ3) is 6.17. The number of carbonyl (C=O) groups is 1. The molecule has 1 rings (SSSR count). The van der Waals surface area contributed by atoms with Crippen LogP contribution in [0.5, 0.6) is 0 Å². The van der Waals surface area contributed by atoms with E-state index in [1.807, 2.05) is 4.90 Å². The summed E-state index contributed by atoms with van der Waals surface area (Å²) in [6.45, 7) is 1.63. The van der Waals surface area contributed by atoms with E-state index in [1.54, 1.807) is 31.4 Å². The molecule has 7 heteroatoms. The van der Waals surface area contributed by atoms with Gasteiger partial charge in [-0.05, 0) is 12.1 Å². The van der Waals surface area contributed by atoms with Gasteiger partial charge in [0.2, 0.25) is 5.91 Å². The molecule has 0 radical (unpaired) electrons. The van der Waals surface area contributed by atoms with Gasteiger partial charge < -0.3 is 20.9 Å². The maximum absolute atomic E-state index is 12.1. The van der Waals surface area contributed by atoms with Crippen molar-refractivity contribution >= 4 is 28.8 Å². The van der Waals surface area contributed by atoms with E-state index in [0.717, 1.165) is 0 Å². The van der Waals surface area contributed by atoms with Crippen molar-refractivity contribution in [3.8, 4) is 0 Å². The molecule has 0 saturated carbocycles. The number of benzene rings is 1. The van der Waals surface area contributed by atoms with Crippen LogP contribution in [0.1, 0.15) is 5.56 Å². The highest BCUT2D eigenvalue weighted by atomic mass is 32.1. The normalized spacial score (nSPS) is 10.6. The molecule has 1 aromatic rings. The zero-order valence-electron chi connectivity index (χ0n) is 12.0. The standard InChI is InChI=1S/C14H21N3O3S/c1-20-9-7-17(6-8-18)10-13(19)16-12-5-3-2-4-11(12)14(15)21/h2-5,18H,6-10H2,1H3,(H2,15,21)(H,16,19). The Morgan fingerprint density at radius 3 is 2.76 bits per heavy atom. The van der Waals surface area contributed by atoms with Gasteiger partial charge in [-0.15, -0.1) is 0 Å². The van der Waals surface area contributed by atoms with Crippen LogP contribution in [0.2, 0.25) is 0 Å². The van der Waals surface area contributed by atoms with Crippen molar-refractivity contribution in [2.24, 2.45) is 5.73 Å². The number of hydrogen-bond donors (Lipinski definition) is 3. The number of aliphatic hydroxyl groups excluding tert-OH is 1. The SMILES string of the molecule is COCCN(CCO)CC(=O)Nc1ccccc1C(N)=S. The molecule has 0 atom stereocenters. The summed E-state index contributed by atoms with van der Waals surface area (Å²) in [4.78, 5) is 14.1. The fourth-order valence-corrected chi connectivity index (χ4v) is 2.01. The molecule has 0 aliphatic rings. The molecule has 0 saturated heterocycles. The molecule has 4 N–H and O–H groups in total. The first-order valence-corrected chi connectivity index (χ1v) is 7.00. The fourth-order valence-electron chi connectivity index (χ4n) is 1.83. The molecule has 21 heavy (non-hydrogen) atoms. The van der Waals surface area contributed by atoms with Gasteiger partial charge in [0, 0.05) is 25.8 Å². The van der Waals surface area contributed by atoms with Crippen molar-refractivity contribution < 1.29 is 14.6 Å². The first kappa shape index (κ1) is 17.5. The van der Waals surface area contributed by atoms with Gasteiger partial charge in [0.15, 0.2) is 0 Å². The Morgan fingerprint density at radius 2 is 2.14 bits per heavy atom. The van der Waals surface area contributed by atoms with E-state index < -0.39 is 0 Å². The van der Waals surface area contributed by atoms with Crippen LogP contribution in [-0.4, -0.2) is 60.9 Å². The van der Waals surface area contributed by atoms with Crippen molar-refractivity contribution in [1.82, 2.24) is 4.90 Å². The van der Waals surface area contributed by atoms with Gasteiger partial charge in [-0.3, -0.25) is 9.69 Å². The molecule has 0 aliphatic carbocycles. The first-order valence-electron chi connectivity index (χ1n) is 6.59. The minimum absolute atomic E-state index is 0.0134. The van der Waals surface area contributed by atoms with Crippen LogP contribution in [0.4, 0.5) is 5.69 Å². The van der Waals surface area contributed by atoms with E-state index in [0.29, 0.717) is 30.9 Å². The second-order valence-electron chi connectivity index (χ2n) is 4.45. The number of nitrogens with zero attached hydrogens (tertiary/aromatic N) is 1. The average Bonchev–Trinajstić information content (AvgIpc) is 2.45. The van der Waals surface area contributed by atoms with E-state index >= 15 is 0 Å². The third-order valence-corrected chi connectivity index (χ3v) is 3.08. The lowest BCUT2D eigenvalue weighted by Crippen LogP contribution is -2.37. The van der Waals surface area contributed by atoms with E-state index in [4.69, 9.17) is 27.8 Å². The van der Waals surface area contributed by atoms with Gasteiger partial charge in [0.05, 0.1) is 25.4 Å². The topological polar surface area (TPSA) is 87.8 Å². The van der Waals surface area contributed by atoms with Crippen LogP contribution in [-0.2, 0) is 9.53 Å². The van der Waals surface area contributed by atoms with Crippen LogP contribution < -0.4 is 11.1 Å². The second-order valence-corrected chi connectivity index (χ2v) is 4.89.